The number of nitrogens with zero attached hydrogens (tertiary/aromatic N) is 1. The average Bonchev–Trinajstić information content (AvgIpc) is 2.90. The molecule has 1 aromatic rings. The molecule has 0 amide bonds. The topological polar surface area (TPSA) is 49.8 Å². The lowest BCUT2D eigenvalue weighted by Gasteiger charge is -2.25. The van der Waals surface area contributed by atoms with Gasteiger partial charge in [0, 0.05) is 25.4 Å². The largest absolute Gasteiger partial charge is 0.478 e. The Morgan fingerprint density at radius 2 is 2.17 bits per heavy atom. The summed E-state index contributed by atoms with van der Waals surface area (Å²) in [6.45, 7) is 1.60. The van der Waals surface area contributed by atoms with Gasteiger partial charge in [0.25, 0.3) is 0 Å². The zero-order valence-electron chi connectivity index (χ0n) is 10.4. The number of ether oxygens (including phenoxy) is 1. The van der Waals surface area contributed by atoms with Gasteiger partial charge in [-0.1, -0.05) is 12.1 Å². The summed E-state index contributed by atoms with van der Waals surface area (Å²) in [6, 6.07) is 8.27. The number of carboxylic acid groups (broad SMARTS) is 1. The highest BCUT2D eigenvalue weighted by Crippen LogP contribution is 2.20. The first-order valence-electron chi connectivity index (χ1n) is 5.98. The summed E-state index contributed by atoms with van der Waals surface area (Å²) in [4.78, 5) is 12.6. The molecule has 1 aliphatic heterocycles. The van der Waals surface area contributed by atoms with Crippen molar-refractivity contribution in [2.75, 3.05) is 25.2 Å². The van der Waals surface area contributed by atoms with Crippen molar-refractivity contribution in [1.29, 1.82) is 0 Å². The van der Waals surface area contributed by atoms with Gasteiger partial charge in [-0.3, -0.25) is 0 Å². The summed E-state index contributed by atoms with van der Waals surface area (Å²) in [5, 5.41) is 8.55. The Bertz CT molecular complexity index is 433. The third-order valence-electron chi connectivity index (χ3n) is 3.17. The fraction of sp³-hybridized carbons (Fsp3) is 0.357. The van der Waals surface area contributed by atoms with Crippen molar-refractivity contribution in [3.8, 4) is 0 Å². The first-order chi connectivity index (χ1) is 8.66. The van der Waals surface area contributed by atoms with Crippen molar-refractivity contribution < 1.29 is 14.6 Å². The van der Waals surface area contributed by atoms with Crippen LogP contribution in [0.3, 0.4) is 0 Å². The molecule has 1 aliphatic rings. The molecular formula is C14H17NO3. The van der Waals surface area contributed by atoms with E-state index in [-0.39, 0.29) is 0 Å². The molecule has 4 heteroatoms. The Balaban J connectivity index is 2.04. The van der Waals surface area contributed by atoms with Crippen LogP contribution in [-0.4, -0.2) is 37.4 Å². The summed E-state index contributed by atoms with van der Waals surface area (Å²) < 4.78 is 5.37. The van der Waals surface area contributed by atoms with Crippen molar-refractivity contribution in [1.82, 2.24) is 0 Å². The molecule has 0 spiro atoms. The van der Waals surface area contributed by atoms with E-state index in [1.807, 2.05) is 24.3 Å². The van der Waals surface area contributed by atoms with E-state index in [2.05, 4.69) is 11.9 Å². The van der Waals surface area contributed by atoms with E-state index in [0.717, 1.165) is 37.0 Å². The maximum Gasteiger partial charge on any atom is 0.328 e. The third kappa shape index (κ3) is 3.11. The number of hydrogen-bond acceptors (Lipinski definition) is 3. The van der Waals surface area contributed by atoms with Crippen LogP contribution in [0.15, 0.2) is 30.3 Å². The number of benzene rings is 1. The molecule has 1 unspecified atom stereocenters. The number of carboxylic acids is 1. The molecule has 2 rings (SSSR count). The zero-order chi connectivity index (χ0) is 13.0. The van der Waals surface area contributed by atoms with Crippen LogP contribution in [0, 0.1) is 0 Å². The Morgan fingerprint density at radius 3 is 2.72 bits per heavy atom. The van der Waals surface area contributed by atoms with Gasteiger partial charge in [0.15, 0.2) is 0 Å². The Morgan fingerprint density at radius 1 is 1.44 bits per heavy atom. The van der Waals surface area contributed by atoms with Gasteiger partial charge in [-0.05, 0) is 30.2 Å². The lowest BCUT2D eigenvalue weighted by atomic mass is 10.1. The van der Waals surface area contributed by atoms with Gasteiger partial charge in [-0.15, -0.1) is 0 Å². The van der Waals surface area contributed by atoms with E-state index in [1.165, 1.54) is 0 Å². The maximum absolute atomic E-state index is 10.4. The Kier molecular flexibility index (Phi) is 3.99. The summed E-state index contributed by atoms with van der Waals surface area (Å²) in [5.74, 6) is -0.931. The molecule has 1 saturated heterocycles. The highest BCUT2D eigenvalue weighted by molar-refractivity contribution is 5.85. The minimum absolute atomic E-state index is 0.436. The minimum atomic E-state index is -0.931. The van der Waals surface area contributed by atoms with E-state index < -0.39 is 5.97 Å². The second-order valence-corrected chi connectivity index (χ2v) is 4.39. The first-order valence-corrected chi connectivity index (χ1v) is 5.98. The molecule has 1 heterocycles. The highest BCUT2D eigenvalue weighted by atomic mass is 16.5. The summed E-state index contributed by atoms with van der Waals surface area (Å²) >= 11 is 0. The molecular weight excluding hydrogens is 230 g/mol. The molecule has 0 aliphatic carbocycles. The van der Waals surface area contributed by atoms with E-state index >= 15 is 0 Å². The van der Waals surface area contributed by atoms with Gasteiger partial charge < -0.3 is 14.7 Å². The predicted octanol–water partition coefficient (Wildman–Crippen LogP) is 2.01. The standard InChI is InChI=1S/C14H17NO3/c1-15(13-8-9-18-10-13)12-5-2-11(3-6-12)4-7-14(16)17/h2-7,13H,8-10H2,1H3,(H,16,17)/b7-4+. The quantitative estimate of drug-likeness (QED) is 0.827. The van der Waals surface area contributed by atoms with Gasteiger partial charge in [-0.2, -0.15) is 0 Å². The van der Waals surface area contributed by atoms with Crippen molar-refractivity contribution in [2.45, 2.75) is 12.5 Å². The smallest absolute Gasteiger partial charge is 0.328 e. The lowest BCUT2D eigenvalue weighted by molar-refractivity contribution is -0.131. The van der Waals surface area contributed by atoms with Crippen LogP contribution < -0.4 is 4.90 Å². The molecule has 0 bridgehead atoms. The van der Waals surface area contributed by atoms with Crippen LogP contribution in [0.1, 0.15) is 12.0 Å². The molecule has 1 aromatic carbocycles. The molecule has 0 saturated carbocycles. The number of hydrogen-bond donors (Lipinski definition) is 1. The van der Waals surface area contributed by atoms with Crippen molar-refractivity contribution in [2.24, 2.45) is 0 Å². The fourth-order valence-corrected chi connectivity index (χ4v) is 2.03. The third-order valence-corrected chi connectivity index (χ3v) is 3.17. The Hall–Kier alpha value is -1.81. The Labute approximate surface area is 106 Å². The normalized spacial score (nSPS) is 19.3. The van der Waals surface area contributed by atoms with Crippen LogP contribution in [0.2, 0.25) is 0 Å². The molecule has 1 atom stereocenters. The molecule has 1 fully saturated rings. The lowest BCUT2D eigenvalue weighted by Crippen LogP contribution is -2.31. The van der Waals surface area contributed by atoms with Gasteiger partial charge in [0.1, 0.15) is 0 Å². The minimum Gasteiger partial charge on any atom is -0.478 e. The van der Waals surface area contributed by atoms with Gasteiger partial charge in [-0.25, -0.2) is 4.79 Å². The van der Waals surface area contributed by atoms with Crippen LogP contribution in [0.25, 0.3) is 6.08 Å². The van der Waals surface area contributed by atoms with Gasteiger partial charge >= 0.3 is 5.97 Å². The average molecular weight is 247 g/mol. The molecule has 4 nitrogen and oxygen atoms in total. The molecule has 18 heavy (non-hydrogen) atoms. The van der Waals surface area contributed by atoms with E-state index in [9.17, 15) is 4.79 Å². The second kappa shape index (κ2) is 5.69. The number of likely N-dealkylation sites (N-methyl/N-ethyl adjacent to an activating group) is 1. The highest BCUT2D eigenvalue weighted by Gasteiger charge is 2.20. The molecule has 0 aromatic heterocycles. The maximum atomic E-state index is 10.4. The SMILES string of the molecule is CN(c1ccc(/C=C/C(=O)O)cc1)C1CCOC1. The zero-order valence-corrected chi connectivity index (χ0v) is 10.4. The number of carbonyl (C=O) groups is 1. The second-order valence-electron chi connectivity index (χ2n) is 4.39. The molecule has 96 valence electrons. The van der Waals surface area contributed by atoms with Crippen molar-refractivity contribution in [3.63, 3.8) is 0 Å². The number of aliphatic carboxylic acids is 1. The number of anilines is 1. The summed E-state index contributed by atoms with van der Waals surface area (Å²) in [6.07, 6.45) is 3.78. The fourth-order valence-electron chi connectivity index (χ4n) is 2.03. The molecule has 1 N–H and O–H groups in total. The van der Waals surface area contributed by atoms with Crippen molar-refractivity contribution in [3.05, 3.63) is 35.9 Å². The monoisotopic (exact) mass is 247 g/mol. The van der Waals surface area contributed by atoms with E-state index in [1.54, 1.807) is 6.08 Å². The first kappa shape index (κ1) is 12.6. The van der Waals surface area contributed by atoms with Gasteiger partial charge in [0.05, 0.1) is 12.6 Å². The van der Waals surface area contributed by atoms with Gasteiger partial charge in [0.2, 0.25) is 0 Å². The van der Waals surface area contributed by atoms with E-state index in [4.69, 9.17) is 9.84 Å². The van der Waals surface area contributed by atoms with E-state index in [0.29, 0.717) is 6.04 Å². The summed E-state index contributed by atoms with van der Waals surface area (Å²) in [7, 11) is 2.06. The van der Waals surface area contributed by atoms with Crippen LogP contribution in [-0.2, 0) is 9.53 Å². The molecule has 0 radical (unpaired) electrons. The predicted molar refractivity (Wildman–Crippen MR) is 70.7 cm³/mol. The summed E-state index contributed by atoms with van der Waals surface area (Å²) in [5.41, 5.74) is 2.01. The van der Waals surface area contributed by atoms with Crippen molar-refractivity contribution >= 4 is 17.7 Å². The van der Waals surface area contributed by atoms with Crippen LogP contribution in [0.4, 0.5) is 5.69 Å². The van der Waals surface area contributed by atoms with Crippen LogP contribution in [0.5, 0.6) is 0 Å². The van der Waals surface area contributed by atoms with Crippen LogP contribution >= 0.6 is 0 Å². The number of rotatable bonds is 4.